The van der Waals surface area contributed by atoms with Crippen LogP contribution in [0.25, 0.3) is 0 Å². The summed E-state index contributed by atoms with van der Waals surface area (Å²) in [6.07, 6.45) is -4.78. The molecular weight excluding hydrogens is 414 g/mol. The van der Waals surface area contributed by atoms with Crippen LogP contribution in [0.2, 0.25) is 5.02 Å². The Morgan fingerprint density at radius 1 is 1.17 bits per heavy atom. The number of aromatic nitrogens is 4. The highest BCUT2D eigenvalue weighted by Gasteiger charge is 2.39. The van der Waals surface area contributed by atoms with Crippen molar-refractivity contribution < 1.29 is 22.4 Å². The zero-order chi connectivity index (χ0) is 21.5. The maximum absolute atomic E-state index is 13.1. The number of nitrogens with one attached hydrogen (secondary N) is 1. The lowest BCUT2D eigenvalue weighted by molar-refractivity contribution is -0.141. The number of alkyl halides is 3. The number of carbonyl (C=O) groups excluding carboxylic acids is 1. The Balaban J connectivity index is 1.88. The highest BCUT2D eigenvalue weighted by Crippen LogP contribution is 2.35. The first-order chi connectivity index (χ1) is 13.5. The third-order valence-corrected chi connectivity index (χ3v) is 4.70. The Bertz CT molecular complexity index is 1070. The molecule has 154 valence electrons. The summed E-state index contributed by atoms with van der Waals surface area (Å²) in [4.78, 5) is 12.6. The SMILES string of the molecule is Cc1nn(Cc2ccc(F)cc2)c(C)c1NC(=O)c1c(Cl)c(C(F)(F)F)nn1C. The quantitative estimate of drug-likeness (QED) is 0.627. The molecule has 0 aliphatic rings. The molecule has 2 aromatic heterocycles. The van der Waals surface area contributed by atoms with Gasteiger partial charge in [0.25, 0.3) is 5.91 Å². The van der Waals surface area contributed by atoms with E-state index in [2.05, 4.69) is 15.5 Å². The van der Waals surface area contributed by atoms with Crippen molar-refractivity contribution in [3.8, 4) is 0 Å². The largest absolute Gasteiger partial charge is 0.436 e. The van der Waals surface area contributed by atoms with Gasteiger partial charge in [0.2, 0.25) is 0 Å². The van der Waals surface area contributed by atoms with E-state index < -0.39 is 28.5 Å². The molecule has 0 saturated heterocycles. The van der Waals surface area contributed by atoms with Gasteiger partial charge in [0.1, 0.15) is 16.5 Å². The first-order valence-corrected chi connectivity index (χ1v) is 8.76. The number of rotatable bonds is 4. The van der Waals surface area contributed by atoms with E-state index in [1.165, 1.54) is 19.2 Å². The lowest BCUT2D eigenvalue weighted by atomic mass is 10.2. The number of amides is 1. The Labute approximate surface area is 168 Å². The summed E-state index contributed by atoms with van der Waals surface area (Å²) in [7, 11) is 1.20. The van der Waals surface area contributed by atoms with Crippen LogP contribution < -0.4 is 5.32 Å². The lowest BCUT2D eigenvalue weighted by Gasteiger charge is -2.08. The van der Waals surface area contributed by atoms with Crippen LogP contribution in [0.15, 0.2) is 24.3 Å². The number of hydrogen-bond acceptors (Lipinski definition) is 3. The van der Waals surface area contributed by atoms with Gasteiger partial charge in [-0.15, -0.1) is 0 Å². The number of hydrogen-bond donors (Lipinski definition) is 1. The zero-order valence-corrected chi connectivity index (χ0v) is 16.4. The summed E-state index contributed by atoms with van der Waals surface area (Å²) in [5, 5.41) is 9.43. The fraction of sp³-hybridized carbons (Fsp3) is 0.278. The van der Waals surface area contributed by atoms with Crippen LogP contribution in [0.3, 0.4) is 0 Å². The van der Waals surface area contributed by atoms with E-state index in [0.717, 1.165) is 10.2 Å². The van der Waals surface area contributed by atoms with Gasteiger partial charge in [-0.1, -0.05) is 23.7 Å². The Kier molecular flexibility index (Phi) is 5.40. The fourth-order valence-corrected chi connectivity index (χ4v) is 3.25. The first kappa shape index (κ1) is 20.8. The number of benzene rings is 1. The second-order valence-electron chi connectivity index (χ2n) is 6.42. The predicted molar refractivity (Wildman–Crippen MR) is 98.4 cm³/mol. The molecule has 0 bridgehead atoms. The Morgan fingerprint density at radius 3 is 2.34 bits per heavy atom. The van der Waals surface area contributed by atoms with Crippen molar-refractivity contribution in [1.82, 2.24) is 19.6 Å². The van der Waals surface area contributed by atoms with Crippen LogP contribution >= 0.6 is 11.6 Å². The summed E-state index contributed by atoms with van der Waals surface area (Å²) < 4.78 is 54.3. The summed E-state index contributed by atoms with van der Waals surface area (Å²) in [5.74, 6) is -1.20. The molecule has 6 nitrogen and oxygen atoms in total. The van der Waals surface area contributed by atoms with Crippen molar-refractivity contribution in [3.05, 3.63) is 63.4 Å². The third kappa shape index (κ3) is 4.12. The molecule has 0 aliphatic heterocycles. The molecule has 0 fully saturated rings. The van der Waals surface area contributed by atoms with Gasteiger partial charge in [-0.3, -0.25) is 14.2 Å². The van der Waals surface area contributed by atoms with Gasteiger partial charge in [0.05, 0.1) is 23.6 Å². The maximum atomic E-state index is 13.1. The molecule has 0 saturated carbocycles. The van der Waals surface area contributed by atoms with Crippen molar-refractivity contribution >= 4 is 23.2 Å². The molecule has 2 heterocycles. The molecule has 0 radical (unpaired) electrons. The normalized spacial score (nSPS) is 11.7. The number of anilines is 1. The van der Waals surface area contributed by atoms with E-state index in [4.69, 9.17) is 11.6 Å². The summed E-state index contributed by atoms with van der Waals surface area (Å²) in [6, 6.07) is 5.87. The van der Waals surface area contributed by atoms with Crippen molar-refractivity contribution in [3.63, 3.8) is 0 Å². The molecule has 0 unspecified atom stereocenters. The predicted octanol–water partition coefficient (Wildman–Crippen LogP) is 4.35. The molecule has 1 aromatic carbocycles. The highest BCUT2D eigenvalue weighted by atomic mass is 35.5. The molecule has 3 aromatic rings. The van der Waals surface area contributed by atoms with Crippen molar-refractivity contribution in [2.75, 3.05) is 5.32 Å². The summed E-state index contributed by atoms with van der Waals surface area (Å²) in [6.45, 7) is 3.68. The van der Waals surface area contributed by atoms with E-state index in [1.807, 2.05) is 0 Å². The lowest BCUT2D eigenvalue weighted by Crippen LogP contribution is -2.17. The topological polar surface area (TPSA) is 64.7 Å². The third-order valence-electron chi connectivity index (χ3n) is 4.34. The van der Waals surface area contributed by atoms with E-state index >= 15 is 0 Å². The van der Waals surface area contributed by atoms with Gasteiger partial charge < -0.3 is 5.32 Å². The average molecular weight is 430 g/mol. The molecule has 0 aliphatic carbocycles. The van der Waals surface area contributed by atoms with E-state index in [0.29, 0.717) is 23.6 Å². The standard InChI is InChI=1S/C18H16ClF4N5O/c1-9-14(10(2)28(25-9)8-11-4-6-12(20)7-5-11)24-17(29)15-13(19)16(18(21,22)23)26-27(15)3/h4-7H,8H2,1-3H3,(H,24,29). The number of halogens is 5. The fourth-order valence-electron chi connectivity index (χ4n) is 2.89. The van der Waals surface area contributed by atoms with Gasteiger partial charge in [0.15, 0.2) is 5.69 Å². The molecule has 0 spiro atoms. The molecule has 1 N–H and O–H groups in total. The number of aryl methyl sites for hydroxylation is 2. The van der Waals surface area contributed by atoms with Crippen molar-refractivity contribution in [2.24, 2.45) is 7.05 Å². The van der Waals surface area contributed by atoms with Gasteiger partial charge in [-0.05, 0) is 31.5 Å². The molecule has 3 rings (SSSR count). The maximum Gasteiger partial charge on any atom is 0.436 e. The zero-order valence-electron chi connectivity index (χ0n) is 15.6. The van der Waals surface area contributed by atoms with Crippen LogP contribution in [-0.2, 0) is 19.8 Å². The minimum Gasteiger partial charge on any atom is -0.317 e. The molecular formula is C18H16ClF4N5O. The van der Waals surface area contributed by atoms with Crippen molar-refractivity contribution in [2.45, 2.75) is 26.6 Å². The smallest absolute Gasteiger partial charge is 0.317 e. The van der Waals surface area contributed by atoms with Crippen LogP contribution in [0.1, 0.15) is 33.1 Å². The highest BCUT2D eigenvalue weighted by molar-refractivity contribution is 6.34. The summed E-state index contributed by atoms with van der Waals surface area (Å²) >= 11 is 5.76. The Morgan fingerprint density at radius 2 is 1.79 bits per heavy atom. The van der Waals surface area contributed by atoms with Crippen LogP contribution in [0, 0.1) is 19.7 Å². The summed E-state index contributed by atoms with van der Waals surface area (Å²) in [5.41, 5.74) is 0.445. The van der Waals surface area contributed by atoms with E-state index in [9.17, 15) is 22.4 Å². The molecule has 11 heteroatoms. The van der Waals surface area contributed by atoms with Gasteiger partial charge in [-0.25, -0.2) is 4.39 Å². The second-order valence-corrected chi connectivity index (χ2v) is 6.79. The number of nitrogens with zero attached hydrogens (tertiary/aromatic N) is 4. The second kappa shape index (κ2) is 7.51. The van der Waals surface area contributed by atoms with Crippen LogP contribution in [0.5, 0.6) is 0 Å². The average Bonchev–Trinajstić information content (AvgIpc) is 3.07. The van der Waals surface area contributed by atoms with Crippen LogP contribution in [-0.4, -0.2) is 25.5 Å². The minimum absolute atomic E-state index is 0.327. The van der Waals surface area contributed by atoms with Gasteiger partial charge in [0, 0.05) is 7.05 Å². The van der Waals surface area contributed by atoms with E-state index in [-0.39, 0.29) is 5.82 Å². The number of carbonyl (C=O) groups is 1. The van der Waals surface area contributed by atoms with Gasteiger partial charge >= 0.3 is 6.18 Å². The first-order valence-electron chi connectivity index (χ1n) is 8.38. The van der Waals surface area contributed by atoms with Gasteiger partial charge in [-0.2, -0.15) is 23.4 Å². The monoisotopic (exact) mass is 429 g/mol. The molecule has 0 atom stereocenters. The minimum atomic E-state index is -4.78. The van der Waals surface area contributed by atoms with Crippen LogP contribution in [0.4, 0.5) is 23.2 Å². The molecule has 1 amide bonds. The Hall–Kier alpha value is -2.88. The van der Waals surface area contributed by atoms with E-state index in [1.54, 1.807) is 30.7 Å². The van der Waals surface area contributed by atoms with Crippen molar-refractivity contribution in [1.29, 1.82) is 0 Å². The molecule has 29 heavy (non-hydrogen) atoms.